The van der Waals surface area contributed by atoms with E-state index in [4.69, 9.17) is 0 Å². The SMILES string of the molecule is Cc1cc(C(C)(C)C)cc(C)c1C(=O)c1ccccc1[P+](=O)CC(C)CC(C)(C)C. The molecule has 0 aromatic heterocycles. The normalized spacial score (nSPS) is 13.8. The highest BCUT2D eigenvalue weighted by Gasteiger charge is 2.31. The second-order valence-corrected chi connectivity index (χ2v) is 12.6. The maximum atomic E-state index is 13.6. The third kappa shape index (κ3) is 6.11. The summed E-state index contributed by atoms with van der Waals surface area (Å²) in [6, 6.07) is 11.7. The van der Waals surface area contributed by atoms with Crippen LogP contribution < -0.4 is 5.30 Å². The van der Waals surface area contributed by atoms with Crippen molar-refractivity contribution in [3.8, 4) is 0 Å². The monoisotopic (exact) mass is 425 g/mol. The van der Waals surface area contributed by atoms with Crippen LogP contribution >= 0.6 is 7.80 Å². The summed E-state index contributed by atoms with van der Waals surface area (Å²) in [6.45, 7) is 19.3. The molecule has 0 saturated heterocycles. The van der Waals surface area contributed by atoms with E-state index in [0.29, 0.717) is 22.9 Å². The fourth-order valence-corrected chi connectivity index (χ4v) is 5.85. The van der Waals surface area contributed by atoms with Gasteiger partial charge in [-0.2, -0.15) is 0 Å². The third-order valence-electron chi connectivity index (χ3n) is 5.48. The molecule has 0 heterocycles. The van der Waals surface area contributed by atoms with Gasteiger partial charge in [-0.3, -0.25) is 4.79 Å². The number of carbonyl (C=O) groups excluding carboxylic acids is 1. The number of benzene rings is 2. The molecule has 2 nitrogen and oxygen atoms in total. The summed E-state index contributed by atoms with van der Waals surface area (Å²) < 4.78 is 13.2. The Hall–Kier alpha value is -1.79. The van der Waals surface area contributed by atoms with Crippen molar-refractivity contribution >= 4 is 18.9 Å². The number of hydrogen-bond acceptors (Lipinski definition) is 2. The van der Waals surface area contributed by atoms with Gasteiger partial charge in [0.1, 0.15) is 0 Å². The predicted molar refractivity (Wildman–Crippen MR) is 130 cm³/mol. The molecule has 0 fully saturated rings. The molecule has 0 bridgehead atoms. The van der Waals surface area contributed by atoms with Crippen molar-refractivity contribution in [3.63, 3.8) is 0 Å². The van der Waals surface area contributed by atoms with Gasteiger partial charge in [0.05, 0.1) is 5.56 Å². The molecule has 162 valence electrons. The number of rotatable bonds is 6. The number of hydrogen-bond donors (Lipinski definition) is 0. The Morgan fingerprint density at radius 1 is 0.967 bits per heavy atom. The summed E-state index contributed by atoms with van der Waals surface area (Å²) in [6.07, 6.45) is 1.62. The van der Waals surface area contributed by atoms with E-state index < -0.39 is 7.80 Å². The van der Waals surface area contributed by atoms with Crippen LogP contribution in [0.4, 0.5) is 0 Å². The minimum Gasteiger partial charge on any atom is -0.288 e. The Bertz CT molecular complexity index is 919. The fourth-order valence-electron chi connectivity index (χ4n) is 4.26. The van der Waals surface area contributed by atoms with E-state index in [1.807, 2.05) is 38.1 Å². The first-order valence-electron chi connectivity index (χ1n) is 10.9. The van der Waals surface area contributed by atoms with E-state index in [9.17, 15) is 9.36 Å². The maximum absolute atomic E-state index is 13.6. The zero-order chi connectivity index (χ0) is 22.9. The average molecular weight is 426 g/mol. The van der Waals surface area contributed by atoms with Crippen LogP contribution in [0.2, 0.25) is 0 Å². The molecule has 0 aliphatic rings. The van der Waals surface area contributed by atoms with Crippen molar-refractivity contribution in [2.45, 2.75) is 74.1 Å². The Morgan fingerprint density at radius 3 is 2.00 bits per heavy atom. The highest BCUT2D eigenvalue weighted by atomic mass is 31.1. The Labute approximate surface area is 184 Å². The van der Waals surface area contributed by atoms with Crippen molar-refractivity contribution in [2.24, 2.45) is 11.3 Å². The number of carbonyl (C=O) groups is 1. The van der Waals surface area contributed by atoms with Crippen LogP contribution in [0, 0.1) is 25.2 Å². The molecule has 0 radical (unpaired) electrons. The first kappa shape index (κ1) is 24.5. The van der Waals surface area contributed by atoms with Crippen LogP contribution in [-0.2, 0) is 9.98 Å². The molecule has 2 atom stereocenters. The Morgan fingerprint density at radius 2 is 1.50 bits per heavy atom. The molecular weight excluding hydrogens is 387 g/mol. The molecule has 0 aliphatic carbocycles. The summed E-state index contributed by atoms with van der Waals surface area (Å²) >= 11 is 0. The standard InChI is InChI=1S/C27H38O2P/c1-18(16-26(4,5)6)17-30(29)23-13-11-10-12-22(23)25(28)24-19(2)14-21(15-20(24)3)27(7,8)9/h10-15,18H,16-17H2,1-9H3/q+1. The predicted octanol–water partition coefficient (Wildman–Crippen LogP) is 7.36. The summed E-state index contributed by atoms with van der Waals surface area (Å²) in [7, 11) is -1.63. The lowest BCUT2D eigenvalue weighted by atomic mass is 9.82. The molecule has 30 heavy (non-hydrogen) atoms. The van der Waals surface area contributed by atoms with Crippen LogP contribution in [0.1, 0.15) is 87.5 Å². The number of aryl methyl sites for hydroxylation is 2. The molecule has 0 amide bonds. The molecular formula is C27H38O2P+. The van der Waals surface area contributed by atoms with E-state index in [0.717, 1.165) is 23.1 Å². The van der Waals surface area contributed by atoms with Crippen molar-refractivity contribution in [1.29, 1.82) is 0 Å². The molecule has 2 aromatic rings. The summed E-state index contributed by atoms with van der Waals surface area (Å²) in [5, 5.41) is 0.692. The zero-order valence-electron chi connectivity index (χ0n) is 20.2. The van der Waals surface area contributed by atoms with Gasteiger partial charge in [-0.1, -0.05) is 77.3 Å². The topological polar surface area (TPSA) is 34.1 Å². The first-order valence-corrected chi connectivity index (χ1v) is 12.4. The highest BCUT2D eigenvalue weighted by molar-refractivity contribution is 7.53. The molecule has 0 aliphatic heterocycles. The molecule has 2 rings (SSSR count). The molecule has 0 spiro atoms. The quantitative estimate of drug-likeness (QED) is 0.358. The first-order chi connectivity index (χ1) is 13.7. The second-order valence-electron chi connectivity index (χ2n) is 11.0. The van der Waals surface area contributed by atoms with Crippen molar-refractivity contribution < 1.29 is 9.36 Å². The van der Waals surface area contributed by atoms with E-state index >= 15 is 0 Å². The fraction of sp³-hybridized carbons (Fsp3) is 0.519. The minimum atomic E-state index is -1.63. The molecule has 0 saturated carbocycles. The van der Waals surface area contributed by atoms with Gasteiger partial charge in [0, 0.05) is 11.5 Å². The second kappa shape index (κ2) is 9.15. The smallest absolute Gasteiger partial charge is 0.288 e. The summed E-state index contributed by atoms with van der Waals surface area (Å²) in [5.74, 6) is 0.319. The lowest BCUT2D eigenvalue weighted by molar-refractivity contribution is 0.103. The van der Waals surface area contributed by atoms with Gasteiger partial charge in [-0.15, -0.1) is 0 Å². The Kier molecular flexibility index (Phi) is 7.46. The molecule has 3 heteroatoms. The van der Waals surface area contributed by atoms with Gasteiger partial charge >= 0.3 is 7.80 Å². The minimum absolute atomic E-state index is 0.0205. The lowest BCUT2D eigenvalue weighted by Crippen LogP contribution is -2.19. The number of ketones is 1. The van der Waals surface area contributed by atoms with E-state index in [-0.39, 0.29) is 16.6 Å². The third-order valence-corrected chi connectivity index (χ3v) is 7.36. The van der Waals surface area contributed by atoms with E-state index in [1.54, 1.807) is 0 Å². The van der Waals surface area contributed by atoms with Gasteiger partial charge in [0.2, 0.25) is 5.30 Å². The van der Waals surface area contributed by atoms with E-state index in [2.05, 4.69) is 60.6 Å². The van der Waals surface area contributed by atoms with Crippen LogP contribution in [-0.4, -0.2) is 11.9 Å². The van der Waals surface area contributed by atoms with Gasteiger partial charge in [-0.25, -0.2) is 0 Å². The average Bonchev–Trinajstić information content (AvgIpc) is 2.58. The summed E-state index contributed by atoms with van der Waals surface area (Å²) in [5.41, 5.74) is 4.74. The van der Waals surface area contributed by atoms with Crippen LogP contribution in [0.3, 0.4) is 0 Å². The van der Waals surface area contributed by atoms with Gasteiger partial charge < -0.3 is 0 Å². The molecule has 2 unspecified atom stereocenters. The van der Waals surface area contributed by atoms with Crippen LogP contribution in [0.5, 0.6) is 0 Å². The summed E-state index contributed by atoms with van der Waals surface area (Å²) in [4.78, 5) is 13.6. The van der Waals surface area contributed by atoms with Crippen molar-refractivity contribution in [1.82, 2.24) is 0 Å². The van der Waals surface area contributed by atoms with Crippen molar-refractivity contribution in [2.75, 3.05) is 6.16 Å². The molecule has 0 N–H and O–H groups in total. The van der Waals surface area contributed by atoms with Crippen LogP contribution in [0.25, 0.3) is 0 Å². The Balaban J connectivity index is 2.40. The largest absolute Gasteiger partial charge is 0.377 e. The van der Waals surface area contributed by atoms with Crippen molar-refractivity contribution in [3.05, 3.63) is 64.2 Å². The molecule has 2 aromatic carbocycles. The lowest BCUT2D eigenvalue weighted by Gasteiger charge is -2.22. The van der Waals surface area contributed by atoms with Gasteiger partial charge in [0.15, 0.2) is 11.9 Å². The highest BCUT2D eigenvalue weighted by Crippen LogP contribution is 2.33. The van der Waals surface area contributed by atoms with Gasteiger partial charge in [0.25, 0.3) is 0 Å². The van der Waals surface area contributed by atoms with E-state index in [1.165, 1.54) is 5.56 Å². The maximum Gasteiger partial charge on any atom is 0.377 e. The van der Waals surface area contributed by atoms with Gasteiger partial charge in [-0.05, 0) is 59.9 Å². The zero-order valence-corrected chi connectivity index (χ0v) is 21.1. The van der Waals surface area contributed by atoms with Crippen LogP contribution in [0.15, 0.2) is 36.4 Å².